The first kappa shape index (κ1) is 14.1. The Labute approximate surface area is 119 Å². The van der Waals surface area contributed by atoms with E-state index < -0.39 is 0 Å². The molecule has 20 heavy (non-hydrogen) atoms. The fourth-order valence-electron chi connectivity index (χ4n) is 2.10. The first-order valence-electron chi connectivity index (χ1n) is 6.75. The van der Waals surface area contributed by atoms with E-state index in [-0.39, 0.29) is 5.97 Å². The number of rotatable bonds is 5. The van der Waals surface area contributed by atoms with Crippen molar-refractivity contribution in [3.05, 3.63) is 65.5 Å². The van der Waals surface area contributed by atoms with E-state index in [0.717, 1.165) is 17.8 Å². The van der Waals surface area contributed by atoms with Gasteiger partial charge < -0.3 is 9.30 Å². The van der Waals surface area contributed by atoms with Crippen molar-refractivity contribution in [3.63, 3.8) is 0 Å². The van der Waals surface area contributed by atoms with Gasteiger partial charge in [-0.1, -0.05) is 30.3 Å². The summed E-state index contributed by atoms with van der Waals surface area (Å²) in [4.78, 5) is 11.7. The van der Waals surface area contributed by atoms with Crippen LogP contribution in [0.3, 0.4) is 0 Å². The van der Waals surface area contributed by atoms with Crippen molar-refractivity contribution in [2.45, 2.75) is 27.0 Å². The van der Waals surface area contributed by atoms with Crippen LogP contribution in [-0.2, 0) is 22.7 Å². The molecular formula is C17H19NO2. The Kier molecular flexibility index (Phi) is 4.77. The number of ether oxygens (including phenoxy) is 1. The van der Waals surface area contributed by atoms with Crippen LogP contribution in [0.4, 0.5) is 0 Å². The highest BCUT2D eigenvalue weighted by molar-refractivity contribution is 5.86. The molecule has 104 valence electrons. The van der Waals surface area contributed by atoms with E-state index in [4.69, 9.17) is 4.74 Å². The minimum Gasteiger partial charge on any atom is -0.458 e. The summed E-state index contributed by atoms with van der Waals surface area (Å²) in [6, 6.07) is 13.7. The number of hydrogen-bond donors (Lipinski definition) is 0. The minimum absolute atomic E-state index is 0.303. The lowest BCUT2D eigenvalue weighted by atomic mass is 10.2. The number of nitrogens with zero attached hydrogens (tertiary/aromatic N) is 1. The molecule has 3 heteroatoms. The van der Waals surface area contributed by atoms with Crippen molar-refractivity contribution in [2.75, 3.05) is 0 Å². The topological polar surface area (TPSA) is 31.2 Å². The lowest BCUT2D eigenvalue weighted by Crippen LogP contribution is -2.02. The zero-order valence-electron chi connectivity index (χ0n) is 11.9. The van der Waals surface area contributed by atoms with E-state index in [0.29, 0.717) is 6.61 Å². The maximum Gasteiger partial charge on any atom is 0.331 e. The zero-order valence-corrected chi connectivity index (χ0v) is 11.9. The summed E-state index contributed by atoms with van der Waals surface area (Å²) in [7, 11) is 0. The molecule has 2 aromatic rings. The summed E-state index contributed by atoms with van der Waals surface area (Å²) in [5.41, 5.74) is 3.19. The summed E-state index contributed by atoms with van der Waals surface area (Å²) in [6.45, 7) is 5.32. The van der Waals surface area contributed by atoms with E-state index >= 15 is 0 Å². The van der Waals surface area contributed by atoms with Gasteiger partial charge in [0.15, 0.2) is 0 Å². The van der Waals surface area contributed by atoms with Crippen LogP contribution in [0.5, 0.6) is 0 Å². The first-order valence-corrected chi connectivity index (χ1v) is 6.75. The van der Waals surface area contributed by atoms with Crippen molar-refractivity contribution >= 4 is 12.0 Å². The summed E-state index contributed by atoms with van der Waals surface area (Å²) in [5.74, 6) is -0.324. The first-order chi connectivity index (χ1) is 9.70. The van der Waals surface area contributed by atoms with Gasteiger partial charge in [-0.3, -0.25) is 0 Å². The fraction of sp³-hybridized carbons (Fsp3) is 0.235. The zero-order chi connectivity index (χ0) is 14.4. The number of esters is 1. The third-order valence-corrected chi connectivity index (χ3v) is 3.16. The molecule has 0 fully saturated rings. The highest BCUT2D eigenvalue weighted by Crippen LogP contribution is 2.10. The van der Waals surface area contributed by atoms with Crippen LogP contribution >= 0.6 is 0 Å². The van der Waals surface area contributed by atoms with Crippen LogP contribution in [0.2, 0.25) is 0 Å². The lowest BCUT2D eigenvalue weighted by molar-refractivity contribution is -0.138. The second-order valence-corrected chi connectivity index (χ2v) is 4.57. The quantitative estimate of drug-likeness (QED) is 0.613. The fourth-order valence-corrected chi connectivity index (χ4v) is 2.10. The molecule has 0 saturated carbocycles. The number of carbonyl (C=O) groups is 1. The molecule has 1 heterocycles. The Morgan fingerprint density at radius 2 is 1.95 bits per heavy atom. The van der Waals surface area contributed by atoms with Gasteiger partial charge in [0.05, 0.1) is 0 Å². The monoisotopic (exact) mass is 269 g/mol. The molecule has 2 rings (SSSR count). The molecule has 0 aliphatic heterocycles. The van der Waals surface area contributed by atoms with Gasteiger partial charge in [-0.15, -0.1) is 0 Å². The van der Waals surface area contributed by atoms with E-state index in [1.807, 2.05) is 42.5 Å². The summed E-state index contributed by atoms with van der Waals surface area (Å²) >= 11 is 0. The molecular weight excluding hydrogens is 250 g/mol. The molecule has 0 aliphatic rings. The van der Waals surface area contributed by atoms with Gasteiger partial charge >= 0.3 is 5.97 Å². The van der Waals surface area contributed by atoms with Crippen molar-refractivity contribution in [1.29, 1.82) is 0 Å². The van der Waals surface area contributed by atoms with Crippen LogP contribution < -0.4 is 0 Å². The Bertz CT molecular complexity index is 597. The third kappa shape index (κ3) is 3.60. The SMILES string of the molecule is CCn1c(C)ccc1/C=C/C(=O)OCc1ccccc1. The molecule has 1 aromatic heterocycles. The van der Waals surface area contributed by atoms with E-state index in [2.05, 4.69) is 18.4 Å². The molecule has 0 aliphatic carbocycles. The average molecular weight is 269 g/mol. The molecule has 0 bridgehead atoms. The molecule has 0 radical (unpaired) electrons. The number of hydrogen-bond acceptors (Lipinski definition) is 2. The van der Waals surface area contributed by atoms with Crippen molar-refractivity contribution in [1.82, 2.24) is 4.57 Å². The predicted molar refractivity (Wildman–Crippen MR) is 80.1 cm³/mol. The highest BCUT2D eigenvalue weighted by atomic mass is 16.5. The molecule has 0 spiro atoms. The van der Waals surface area contributed by atoms with Crippen LogP contribution in [0.1, 0.15) is 23.9 Å². The number of carbonyl (C=O) groups excluding carboxylic acids is 1. The van der Waals surface area contributed by atoms with Crippen LogP contribution in [0.15, 0.2) is 48.5 Å². The third-order valence-electron chi connectivity index (χ3n) is 3.16. The maximum absolute atomic E-state index is 11.7. The standard InChI is InChI=1S/C17H19NO2/c1-3-18-14(2)9-10-16(18)11-12-17(19)20-13-15-7-5-4-6-8-15/h4-12H,3,13H2,1-2H3/b12-11+. The van der Waals surface area contributed by atoms with Gasteiger partial charge in [-0.25, -0.2) is 4.79 Å². The van der Waals surface area contributed by atoms with Gasteiger partial charge in [0.1, 0.15) is 6.61 Å². The average Bonchev–Trinajstić information content (AvgIpc) is 2.84. The van der Waals surface area contributed by atoms with Crippen LogP contribution in [-0.4, -0.2) is 10.5 Å². The van der Waals surface area contributed by atoms with Crippen molar-refractivity contribution < 1.29 is 9.53 Å². The smallest absolute Gasteiger partial charge is 0.331 e. The molecule has 1 aromatic carbocycles. The second kappa shape index (κ2) is 6.75. The van der Waals surface area contributed by atoms with Gasteiger partial charge in [-0.2, -0.15) is 0 Å². The summed E-state index contributed by atoms with van der Waals surface area (Å²) in [6.07, 6.45) is 3.27. The largest absolute Gasteiger partial charge is 0.458 e. The Hall–Kier alpha value is -2.29. The van der Waals surface area contributed by atoms with E-state index in [9.17, 15) is 4.79 Å². The summed E-state index contributed by atoms with van der Waals surface area (Å²) in [5, 5.41) is 0. The van der Waals surface area contributed by atoms with Crippen LogP contribution in [0, 0.1) is 6.92 Å². The van der Waals surface area contributed by atoms with Crippen molar-refractivity contribution in [2.24, 2.45) is 0 Å². The van der Waals surface area contributed by atoms with Crippen LogP contribution in [0.25, 0.3) is 6.08 Å². The van der Waals surface area contributed by atoms with Gasteiger partial charge in [0.25, 0.3) is 0 Å². The lowest BCUT2D eigenvalue weighted by Gasteiger charge is -2.05. The van der Waals surface area contributed by atoms with E-state index in [1.165, 1.54) is 11.8 Å². The van der Waals surface area contributed by atoms with Crippen molar-refractivity contribution in [3.8, 4) is 0 Å². The number of aromatic nitrogens is 1. The van der Waals surface area contributed by atoms with E-state index in [1.54, 1.807) is 6.08 Å². The number of aryl methyl sites for hydroxylation is 1. The Morgan fingerprint density at radius 3 is 2.65 bits per heavy atom. The molecule has 0 N–H and O–H groups in total. The molecule has 0 amide bonds. The maximum atomic E-state index is 11.7. The molecule has 0 unspecified atom stereocenters. The molecule has 3 nitrogen and oxygen atoms in total. The molecule has 0 saturated heterocycles. The Morgan fingerprint density at radius 1 is 1.20 bits per heavy atom. The highest BCUT2D eigenvalue weighted by Gasteiger charge is 2.02. The number of benzene rings is 1. The van der Waals surface area contributed by atoms with Gasteiger partial charge in [0.2, 0.25) is 0 Å². The van der Waals surface area contributed by atoms with Gasteiger partial charge in [-0.05, 0) is 37.6 Å². The van der Waals surface area contributed by atoms with Gasteiger partial charge in [0, 0.05) is 24.0 Å². The molecule has 0 atom stereocenters. The second-order valence-electron chi connectivity index (χ2n) is 4.57. The minimum atomic E-state index is -0.324. The normalized spacial score (nSPS) is 10.9. The summed E-state index contributed by atoms with van der Waals surface area (Å²) < 4.78 is 7.33. The predicted octanol–water partition coefficient (Wildman–Crippen LogP) is 3.57. The Balaban J connectivity index is 1.92.